The van der Waals surface area contributed by atoms with Crippen molar-refractivity contribution in [3.63, 3.8) is 0 Å². The van der Waals surface area contributed by atoms with E-state index < -0.39 is 102 Å². The molecule has 0 bridgehead atoms. The summed E-state index contributed by atoms with van der Waals surface area (Å²) >= 11 is 0. The van der Waals surface area contributed by atoms with Crippen molar-refractivity contribution in [2.24, 2.45) is 5.73 Å². The molecule has 0 radical (unpaired) electrons. The second-order valence-corrected chi connectivity index (χ2v) is 12.2. The fourth-order valence-corrected chi connectivity index (χ4v) is 6.44. The number of hydrogen-bond donors (Lipinski definition) is 5. The van der Waals surface area contributed by atoms with Gasteiger partial charge in [-0.3, -0.25) is 19.2 Å². The predicted octanol–water partition coefficient (Wildman–Crippen LogP) is 1.31. The Morgan fingerprint density at radius 1 is 1.06 bits per heavy atom. The van der Waals surface area contributed by atoms with Gasteiger partial charge < -0.3 is 49.9 Å². The van der Waals surface area contributed by atoms with Crippen LogP contribution in [0.3, 0.4) is 0 Å². The summed E-state index contributed by atoms with van der Waals surface area (Å²) in [7, 11) is 1.31. The summed E-state index contributed by atoms with van der Waals surface area (Å²) in [5.41, 5.74) is 2.11. The van der Waals surface area contributed by atoms with Crippen LogP contribution in [0.15, 0.2) is 18.2 Å². The lowest BCUT2D eigenvalue weighted by Crippen LogP contribution is -2.53. The Labute approximate surface area is 269 Å². The van der Waals surface area contributed by atoms with Crippen molar-refractivity contribution in [2.75, 3.05) is 13.7 Å². The quantitative estimate of drug-likeness (QED) is 0.153. The van der Waals surface area contributed by atoms with Crippen LogP contribution in [0.5, 0.6) is 17.2 Å². The number of methoxy groups -OCH3 is 1. The molecule has 0 spiro atoms. The molecule has 2 aliphatic carbocycles. The van der Waals surface area contributed by atoms with Gasteiger partial charge in [-0.1, -0.05) is 12.1 Å². The van der Waals surface area contributed by atoms with Crippen molar-refractivity contribution in [2.45, 2.75) is 88.6 Å². The highest BCUT2D eigenvalue weighted by atomic mass is 16.7. The highest BCUT2D eigenvalue weighted by Gasteiger charge is 2.50. The van der Waals surface area contributed by atoms with Gasteiger partial charge >= 0.3 is 5.97 Å². The molecule has 6 N–H and O–H groups in total. The minimum absolute atomic E-state index is 0.0265. The Morgan fingerprint density at radius 3 is 2.43 bits per heavy atom. The number of rotatable bonds is 10. The van der Waals surface area contributed by atoms with Gasteiger partial charge in [-0.05, 0) is 26.3 Å². The maximum absolute atomic E-state index is 13.8. The summed E-state index contributed by atoms with van der Waals surface area (Å²) in [6.45, 7) is 2.09. The van der Waals surface area contributed by atoms with Crippen molar-refractivity contribution in [3.05, 3.63) is 51.6 Å². The van der Waals surface area contributed by atoms with E-state index in [4.69, 9.17) is 24.7 Å². The maximum atomic E-state index is 13.8. The Kier molecular flexibility index (Phi) is 9.53. The van der Waals surface area contributed by atoms with Crippen molar-refractivity contribution in [3.8, 4) is 17.2 Å². The fraction of sp³-hybridized carbons (Fsp3) is 0.485. The second kappa shape index (κ2) is 13.1. The van der Waals surface area contributed by atoms with Crippen LogP contribution in [0.1, 0.15) is 95.0 Å². The molecular weight excluding hydrogens is 618 g/mol. The van der Waals surface area contributed by atoms with Crippen LogP contribution in [0.4, 0.5) is 0 Å². The number of ether oxygens (including phenoxy) is 4. The molecule has 2 aromatic carbocycles. The first-order valence-corrected chi connectivity index (χ1v) is 15.2. The van der Waals surface area contributed by atoms with Gasteiger partial charge in [0.05, 0.1) is 42.1 Å². The third-order valence-electron chi connectivity index (χ3n) is 8.94. The lowest BCUT2D eigenvalue weighted by atomic mass is 9.72. The lowest BCUT2D eigenvalue weighted by molar-refractivity contribution is -0.247. The number of carbonyl (C=O) groups excluding carboxylic acids is 5. The van der Waals surface area contributed by atoms with E-state index in [0.717, 1.165) is 0 Å². The average Bonchev–Trinajstić information content (AvgIpc) is 3.02. The summed E-state index contributed by atoms with van der Waals surface area (Å²) < 4.78 is 22.2. The highest BCUT2D eigenvalue weighted by Crippen LogP contribution is 2.52. The number of aliphatic hydroxyl groups is 2. The van der Waals surface area contributed by atoms with Crippen molar-refractivity contribution >= 4 is 29.1 Å². The van der Waals surface area contributed by atoms with Crippen molar-refractivity contribution < 1.29 is 63.3 Å². The smallest absolute Gasteiger partial charge is 0.306 e. The minimum atomic E-state index is -2.35. The SMILES string of the molecule is COc1cccc2c1C(=O)c1c(O)c3c(c(O)c1C2=O)C[C@@](O)(C(=O)COC(=O)CCCC(C)=O)C[C@H]3OC1CC(N)C(O)C(C)O1. The minimum Gasteiger partial charge on any atom is -0.507 e. The molecule has 0 saturated carbocycles. The summed E-state index contributed by atoms with van der Waals surface area (Å²) in [5, 5.41) is 45.2. The first kappa shape index (κ1) is 34.1. The van der Waals surface area contributed by atoms with Gasteiger partial charge in [-0.15, -0.1) is 0 Å². The first-order chi connectivity index (χ1) is 22.2. The van der Waals surface area contributed by atoms with Gasteiger partial charge in [0.25, 0.3) is 0 Å². The second-order valence-electron chi connectivity index (χ2n) is 12.2. The van der Waals surface area contributed by atoms with Crippen LogP contribution < -0.4 is 10.5 Å². The van der Waals surface area contributed by atoms with E-state index in [2.05, 4.69) is 0 Å². The molecule has 0 amide bonds. The molecule has 0 aromatic heterocycles. The number of aromatic hydroxyl groups is 2. The number of fused-ring (bicyclic) bond motifs is 3. The molecule has 5 rings (SSSR count). The van der Waals surface area contributed by atoms with Crippen LogP contribution in [0, 0.1) is 0 Å². The Bertz CT molecular complexity index is 1640. The number of hydrogen-bond acceptors (Lipinski definition) is 14. The summed E-state index contributed by atoms with van der Waals surface area (Å²) in [6, 6.07) is 3.55. The van der Waals surface area contributed by atoms with Crippen molar-refractivity contribution in [1.29, 1.82) is 0 Å². The summed E-state index contributed by atoms with van der Waals surface area (Å²) in [4.78, 5) is 64.3. The molecule has 14 heteroatoms. The molecule has 1 fully saturated rings. The van der Waals surface area contributed by atoms with Gasteiger partial charge in [0.1, 0.15) is 28.6 Å². The standard InChI is InChI=1S/C33H37NO13/c1-14(35)6-4-9-22(37)45-13-21(36)33(43)11-17-25(20(12-33)47-23-10-18(34)28(38)15(2)46-23)32(42)27-26(30(17)40)29(39)16-7-5-8-19(44-3)24(16)31(27)41/h5,7-8,15,18,20,23,28,38,40,42-43H,4,6,9-13,34H2,1-3H3/t15?,18?,20-,23?,28?,33+/m1/s1. The van der Waals surface area contributed by atoms with E-state index in [0.29, 0.717) is 0 Å². The number of ketones is 4. The molecule has 1 aliphatic heterocycles. The number of carbonyl (C=O) groups is 5. The number of aliphatic hydroxyl groups excluding tert-OH is 1. The summed E-state index contributed by atoms with van der Waals surface area (Å²) in [6.07, 6.45) is -5.30. The third-order valence-corrected chi connectivity index (χ3v) is 8.94. The molecule has 2 aromatic rings. The Hall–Kier alpha value is -4.21. The van der Waals surface area contributed by atoms with Gasteiger partial charge in [0, 0.05) is 54.8 Å². The van der Waals surface area contributed by atoms with E-state index >= 15 is 0 Å². The zero-order chi connectivity index (χ0) is 34.4. The molecule has 47 heavy (non-hydrogen) atoms. The largest absolute Gasteiger partial charge is 0.507 e. The Morgan fingerprint density at radius 2 is 1.77 bits per heavy atom. The Balaban J connectivity index is 1.55. The predicted molar refractivity (Wildman–Crippen MR) is 160 cm³/mol. The number of benzene rings is 2. The van der Waals surface area contributed by atoms with Crippen LogP contribution in [0.25, 0.3) is 0 Å². The topological polar surface area (TPSA) is 229 Å². The first-order valence-electron chi connectivity index (χ1n) is 15.2. The van der Waals surface area contributed by atoms with Gasteiger partial charge in [-0.2, -0.15) is 0 Å². The normalized spacial score (nSPS) is 26.6. The molecule has 4 unspecified atom stereocenters. The molecule has 252 valence electrons. The van der Waals surface area contributed by atoms with Crippen LogP contribution in [-0.4, -0.2) is 93.4 Å². The van der Waals surface area contributed by atoms with E-state index in [1.165, 1.54) is 32.2 Å². The van der Waals surface area contributed by atoms with Gasteiger partial charge in [0.2, 0.25) is 11.6 Å². The zero-order valence-electron chi connectivity index (χ0n) is 26.1. The molecule has 14 nitrogen and oxygen atoms in total. The van der Waals surface area contributed by atoms with E-state index in [9.17, 15) is 44.4 Å². The number of phenols is 2. The van der Waals surface area contributed by atoms with E-state index in [-0.39, 0.29) is 59.5 Å². The van der Waals surface area contributed by atoms with Crippen LogP contribution >= 0.6 is 0 Å². The lowest BCUT2D eigenvalue weighted by Gasteiger charge is -2.42. The maximum Gasteiger partial charge on any atom is 0.306 e. The third kappa shape index (κ3) is 6.26. The number of phenolic OH excluding ortho intramolecular Hbond substituents is 2. The fourth-order valence-electron chi connectivity index (χ4n) is 6.44. The number of nitrogens with two attached hydrogens (primary N) is 1. The number of Topliss-reactive ketones (excluding diaryl/α,β-unsaturated/α-hetero) is 2. The zero-order valence-corrected chi connectivity index (χ0v) is 26.1. The van der Waals surface area contributed by atoms with Crippen molar-refractivity contribution in [1.82, 2.24) is 0 Å². The van der Waals surface area contributed by atoms with E-state index in [1.807, 2.05) is 0 Å². The highest BCUT2D eigenvalue weighted by molar-refractivity contribution is 6.31. The molecule has 1 saturated heterocycles. The monoisotopic (exact) mass is 655 g/mol. The average molecular weight is 656 g/mol. The molecule has 3 aliphatic rings. The molecule has 1 heterocycles. The molecular formula is C33H37NO13. The number of esters is 1. The summed E-state index contributed by atoms with van der Waals surface area (Å²) in [5.74, 6) is -4.82. The van der Waals surface area contributed by atoms with E-state index in [1.54, 1.807) is 6.92 Å². The van der Waals surface area contributed by atoms with Gasteiger partial charge in [-0.25, -0.2) is 0 Å². The molecule has 6 atom stereocenters. The van der Waals surface area contributed by atoms with Gasteiger partial charge in [0.15, 0.2) is 18.7 Å². The van der Waals surface area contributed by atoms with Crippen LogP contribution in [-0.2, 0) is 35.0 Å². The van der Waals surface area contributed by atoms with Crippen LogP contribution in [0.2, 0.25) is 0 Å².